The number of pyridine rings is 1. The predicted molar refractivity (Wildman–Crippen MR) is 66.0 cm³/mol. The van der Waals surface area contributed by atoms with Gasteiger partial charge in [0.25, 0.3) is 0 Å². The van der Waals surface area contributed by atoms with Crippen molar-refractivity contribution < 1.29 is 4.79 Å². The Morgan fingerprint density at radius 3 is 2.69 bits per heavy atom. The van der Waals surface area contributed by atoms with E-state index in [-0.39, 0.29) is 0 Å². The smallest absolute Gasteiger partial charge is 0.151 e. The first kappa shape index (κ1) is 10.8. The number of aldehydes is 1. The maximum atomic E-state index is 11.0. The molecule has 0 saturated heterocycles. The van der Waals surface area contributed by atoms with Gasteiger partial charge in [0.1, 0.15) is 0 Å². The summed E-state index contributed by atoms with van der Waals surface area (Å²) in [6.07, 6.45) is 2.56. The summed E-state index contributed by atoms with van der Waals surface area (Å²) in [4.78, 5) is 15.3. The molecule has 0 radical (unpaired) electrons. The Morgan fingerprint density at radius 2 is 2.06 bits per heavy atom. The van der Waals surface area contributed by atoms with E-state index in [0.717, 1.165) is 22.8 Å². The van der Waals surface area contributed by atoms with E-state index < -0.39 is 0 Å². The van der Waals surface area contributed by atoms with Crippen molar-refractivity contribution in [3.8, 4) is 0 Å². The number of carbonyl (C=O) groups is 1. The Labute approximate surface area is 95.3 Å². The highest BCUT2D eigenvalue weighted by Crippen LogP contribution is 2.27. The molecule has 0 amide bonds. The first-order valence-corrected chi connectivity index (χ1v) is 5.48. The molecule has 82 valence electrons. The molecule has 0 spiro atoms. The highest BCUT2D eigenvalue weighted by atomic mass is 16.1. The molecular formula is C14H15NO. The second-order valence-corrected chi connectivity index (χ2v) is 4.42. The van der Waals surface area contributed by atoms with E-state index in [1.54, 1.807) is 6.20 Å². The summed E-state index contributed by atoms with van der Waals surface area (Å²) in [6, 6.07) is 6.17. The van der Waals surface area contributed by atoms with E-state index in [4.69, 9.17) is 0 Å². The molecule has 16 heavy (non-hydrogen) atoms. The van der Waals surface area contributed by atoms with Crippen molar-refractivity contribution in [2.45, 2.75) is 26.7 Å². The van der Waals surface area contributed by atoms with Crippen LogP contribution in [-0.2, 0) is 0 Å². The topological polar surface area (TPSA) is 30.0 Å². The third kappa shape index (κ3) is 1.71. The van der Waals surface area contributed by atoms with Crippen LogP contribution in [-0.4, -0.2) is 11.3 Å². The average molecular weight is 213 g/mol. The van der Waals surface area contributed by atoms with Crippen molar-refractivity contribution in [2.75, 3.05) is 0 Å². The molecule has 0 N–H and O–H groups in total. The standard InChI is InChI=1S/C14H15NO/c1-9(2)14-11(8-16)7-15-13-6-10(3)4-5-12(13)14/h4-9H,1-3H3. The van der Waals surface area contributed by atoms with Crippen molar-refractivity contribution in [3.63, 3.8) is 0 Å². The highest BCUT2D eigenvalue weighted by Gasteiger charge is 2.11. The maximum Gasteiger partial charge on any atom is 0.151 e. The van der Waals surface area contributed by atoms with Crippen molar-refractivity contribution >= 4 is 17.2 Å². The molecule has 0 aliphatic rings. The molecule has 0 fully saturated rings. The van der Waals surface area contributed by atoms with Crippen LogP contribution >= 0.6 is 0 Å². The first-order valence-electron chi connectivity index (χ1n) is 5.48. The summed E-state index contributed by atoms with van der Waals surface area (Å²) in [7, 11) is 0. The largest absolute Gasteiger partial charge is 0.298 e. The number of aryl methyl sites for hydroxylation is 1. The second-order valence-electron chi connectivity index (χ2n) is 4.42. The lowest BCUT2D eigenvalue weighted by Gasteiger charge is -2.12. The molecule has 0 unspecified atom stereocenters. The Hall–Kier alpha value is -1.70. The zero-order valence-electron chi connectivity index (χ0n) is 9.82. The molecular weight excluding hydrogens is 198 g/mol. The molecule has 2 aromatic rings. The van der Waals surface area contributed by atoms with Crippen molar-refractivity contribution in [3.05, 3.63) is 41.1 Å². The first-order chi connectivity index (χ1) is 7.63. The lowest BCUT2D eigenvalue weighted by molar-refractivity contribution is 0.112. The van der Waals surface area contributed by atoms with Gasteiger partial charge in [0.15, 0.2) is 6.29 Å². The third-order valence-electron chi connectivity index (χ3n) is 2.80. The molecule has 0 saturated carbocycles. The number of carbonyl (C=O) groups excluding carboxylic acids is 1. The van der Waals surface area contributed by atoms with E-state index in [2.05, 4.69) is 37.0 Å². The molecule has 2 rings (SSSR count). The number of rotatable bonds is 2. The lowest BCUT2D eigenvalue weighted by Crippen LogP contribution is -1.98. The average Bonchev–Trinajstić information content (AvgIpc) is 2.26. The van der Waals surface area contributed by atoms with Gasteiger partial charge in [0.05, 0.1) is 5.52 Å². The second kappa shape index (κ2) is 4.05. The summed E-state index contributed by atoms with van der Waals surface area (Å²) in [5.74, 6) is 0.327. The van der Waals surface area contributed by atoms with Crippen LogP contribution in [0.3, 0.4) is 0 Å². The quantitative estimate of drug-likeness (QED) is 0.715. The van der Waals surface area contributed by atoms with E-state index >= 15 is 0 Å². The van der Waals surface area contributed by atoms with Crippen LogP contribution in [0.2, 0.25) is 0 Å². The van der Waals surface area contributed by atoms with Gasteiger partial charge in [-0.15, -0.1) is 0 Å². The molecule has 0 aliphatic carbocycles. The molecule has 0 aliphatic heterocycles. The van der Waals surface area contributed by atoms with Gasteiger partial charge in [-0.2, -0.15) is 0 Å². The lowest BCUT2D eigenvalue weighted by atomic mass is 9.94. The van der Waals surface area contributed by atoms with Crippen LogP contribution in [0.5, 0.6) is 0 Å². The van der Waals surface area contributed by atoms with E-state index in [0.29, 0.717) is 11.5 Å². The fourth-order valence-corrected chi connectivity index (χ4v) is 2.08. The van der Waals surface area contributed by atoms with Crippen LogP contribution in [0.1, 0.15) is 41.3 Å². The fourth-order valence-electron chi connectivity index (χ4n) is 2.08. The molecule has 0 atom stereocenters. The van der Waals surface area contributed by atoms with Crippen LogP contribution in [0.25, 0.3) is 10.9 Å². The number of benzene rings is 1. The monoisotopic (exact) mass is 213 g/mol. The van der Waals surface area contributed by atoms with Gasteiger partial charge in [-0.3, -0.25) is 9.78 Å². The van der Waals surface area contributed by atoms with Crippen molar-refractivity contribution in [1.82, 2.24) is 4.98 Å². The molecule has 0 bridgehead atoms. The molecule has 1 heterocycles. The zero-order chi connectivity index (χ0) is 11.7. The fraction of sp³-hybridized carbons (Fsp3) is 0.286. The minimum Gasteiger partial charge on any atom is -0.298 e. The van der Waals surface area contributed by atoms with Crippen molar-refractivity contribution in [2.24, 2.45) is 0 Å². The van der Waals surface area contributed by atoms with E-state index in [9.17, 15) is 4.79 Å². The predicted octanol–water partition coefficient (Wildman–Crippen LogP) is 3.48. The van der Waals surface area contributed by atoms with Crippen LogP contribution < -0.4 is 0 Å². The van der Waals surface area contributed by atoms with Gasteiger partial charge in [-0.25, -0.2) is 0 Å². The molecule has 2 heteroatoms. The van der Waals surface area contributed by atoms with Gasteiger partial charge in [-0.05, 0) is 30.0 Å². The Balaban J connectivity index is 2.84. The number of hydrogen-bond donors (Lipinski definition) is 0. The highest BCUT2D eigenvalue weighted by molar-refractivity contribution is 5.91. The summed E-state index contributed by atoms with van der Waals surface area (Å²) < 4.78 is 0. The minimum absolute atomic E-state index is 0.327. The van der Waals surface area contributed by atoms with Gasteiger partial charge in [0, 0.05) is 17.1 Å². The van der Waals surface area contributed by atoms with Gasteiger partial charge >= 0.3 is 0 Å². The number of hydrogen-bond acceptors (Lipinski definition) is 2. The van der Waals surface area contributed by atoms with Gasteiger partial charge < -0.3 is 0 Å². The van der Waals surface area contributed by atoms with Crippen LogP contribution in [0, 0.1) is 6.92 Å². The maximum absolute atomic E-state index is 11.0. The Morgan fingerprint density at radius 1 is 1.31 bits per heavy atom. The summed E-state index contributed by atoms with van der Waals surface area (Å²) in [6.45, 7) is 6.24. The van der Waals surface area contributed by atoms with Crippen molar-refractivity contribution in [1.29, 1.82) is 0 Å². The summed E-state index contributed by atoms with van der Waals surface area (Å²) >= 11 is 0. The molecule has 1 aromatic heterocycles. The number of fused-ring (bicyclic) bond motifs is 1. The Bertz CT molecular complexity index is 544. The number of nitrogens with zero attached hydrogens (tertiary/aromatic N) is 1. The summed E-state index contributed by atoms with van der Waals surface area (Å²) in [5.41, 5.74) is 3.95. The van der Waals surface area contributed by atoms with Crippen LogP contribution in [0.4, 0.5) is 0 Å². The third-order valence-corrected chi connectivity index (χ3v) is 2.80. The van der Waals surface area contributed by atoms with E-state index in [1.807, 2.05) is 6.92 Å². The molecule has 2 nitrogen and oxygen atoms in total. The van der Waals surface area contributed by atoms with E-state index in [1.165, 1.54) is 5.56 Å². The zero-order valence-corrected chi connectivity index (χ0v) is 9.82. The number of aromatic nitrogens is 1. The Kier molecular flexibility index (Phi) is 2.73. The van der Waals surface area contributed by atoms with Gasteiger partial charge in [-0.1, -0.05) is 26.0 Å². The van der Waals surface area contributed by atoms with Gasteiger partial charge in [0.2, 0.25) is 0 Å². The van der Waals surface area contributed by atoms with Crippen LogP contribution in [0.15, 0.2) is 24.4 Å². The molecule has 1 aromatic carbocycles. The normalized spacial score (nSPS) is 11.0. The minimum atomic E-state index is 0.327. The summed E-state index contributed by atoms with van der Waals surface area (Å²) in [5, 5.41) is 1.09. The SMILES string of the molecule is Cc1ccc2c(C(C)C)c(C=O)cnc2c1.